The molecule has 3 heterocycles. The van der Waals surface area contributed by atoms with Crippen LogP contribution in [-0.2, 0) is 10.3 Å². The van der Waals surface area contributed by atoms with Crippen LogP contribution in [0, 0.1) is 0 Å². The van der Waals surface area contributed by atoms with E-state index in [2.05, 4.69) is 54.8 Å². The third-order valence-corrected chi connectivity index (χ3v) is 7.14. The van der Waals surface area contributed by atoms with Gasteiger partial charge in [0.25, 0.3) is 0 Å². The van der Waals surface area contributed by atoms with Gasteiger partial charge in [-0.05, 0) is 61.2 Å². The van der Waals surface area contributed by atoms with E-state index in [-0.39, 0.29) is 12.1 Å². The molecule has 10 nitrogen and oxygen atoms in total. The summed E-state index contributed by atoms with van der Waals surface area (Å²) in [5.41, 5.74) is 9.79. The van der Waals surface area contributed by atoms with Gasteiger partial charge in [-0.15, -0.1) is 0 Å². The highest BCUT2D eigenvalue weighted by Gasteiger charge is 2.49. The molecule has 0 unspecified atom stereocenters. The first-order chi connectivity index (χ1) is 18.1. The molecule has 0 spiro atoms. The van der Waals surface area contributed by atoms with Crippen LogP contribution >= 0.6 is 0 Å². The number of carbonyl (C=O) groups is 1. The van der Waals surface area contributed by atoms with Crippen molar-refractivity contribution in [3.8, 4) is 11.1 Å². The average molecular weight is 503 g/mol. The third-order valence-electron chi connectivity index (χ3n) is 7.14. The van der Waals surface area contributed by atoms with Gasteiger partial charge in [0.15, 0.2) is 0 Å². The predicted molar refractivity (Wildman–Crippen MR) is 144 cm³/mol. The normalized spacial score (nSPS) is 17.3. The van der Waals surface area contributed by atoms with E-state index < -0.39 is 5.97 Å². The number of aromatic nitrogens is 3. The zero-order valence-electron chi connectivity index (χ0n) is 20.9. The van der Waals surface area contributed by atoms with Gasteiger partial charge in [-0.1, -0.05) is 12.1 Å². The fourth-order valence-corrected chi connectivity index (χ4v) is 5.01. The number of nitrogens with two attached hydrogens (primary N) is 1. The maximum Gasteiger partial charge on any atom is 0.317 e. The smallest absolute Gasteiger partial charge is 0.317 e. The fraction of sp³-hybridized carbons (Fsp3) is 0.407. The number of hydrogen-bond acceptors (Lipinski definition) is 9. The van der Waals surface area contributed by atoms with E-state index in [4.69, 9.17) is 10.8 Å². The van der Waals surface area contributed by atoms with Crippen molar-refractivity contribution in [1.82, 2.24) is 24.8 Å². The van der Waals surface area contributed by atoms with Crippen molar-refractivity contribution < 1.29 is 9.90 Å². The van der Waals surface area contributed by atoms with Gasteiger partial charge in [0.05, 0.1) is 6.54 Å². The Morgan fingerprint density at radius 2 is 1.81 bits per heavy atom. The maximum atomic E-state index is 11.0. The van der Waals surface area contributed by atoms with Gasteiger partial charge < -0.3 is 21.5 Å². The number of rotatable bonds is 11. The number of aliphatic carboxylic acids is 1. The van der Waals surface area contributed by atoms with Crippen molar-refractivity contribution in [1.29, 1.82) is 0 Å². The number of anilines is 3. The molecule has 0 atom stereocenters. The van der Waals surface area contributed by atoms with E-state index in [0.717, 1.165) is 74.6 Å². The molecule has 0 bridgehead atoms. The van der Waals surface area contributed by atoms with Gasteiger partial charge in [0.2, 0.25) is 5.95 Å². The summed E-state index contributed by atoms with van der Waals surface area (Å²) in [4.78, 5) is 28.9. The molecule has 1 saturated carbocycles. The van der Waals surface area contributed by atoms with Crippen molar-refractivity contribution >= 4 is 23.4 Å². The van der Waals surface area contributed by atoms with Crippen LogP contribution in [0.5, 0.6) is 0 Å². The zero-order valence-corrected chi connectivity index (χ0v) is 20.9. The number of benzene rings is 1. The van der Waals surface area contributed by atoms with Crippen LogP contribution in [0.4, 0.5) is 17.5 Å². The van der Waals surface area contributed by atoms with E-state index >= 15 is 0 Å². The van der Waals surface area contributed by atoms with E-state index in [1.807, 2.05) is 29.4 Å². The second-order valence-electron chi connectivity index (χ2n) is 9.69. The first-order valence-electron chi connectivity index (χ1n) is 12.8. The highest BCUT2D eigenvalue weighted by Crippen LogP contribution is 2.51. The Hall–Kier alpha value is -3.60. The molecule has 0 amide bonds. The second kappa shape index (κ2) is 11.2. The minimum Gasteiger partial charge on any atom is -0.480 e. The molecule has 5 N–H and O–H groups in total. The summed E-state index contributed by atoms with van der Waals surface area (Å²) in [6.45, 7) is 4.85. The summed E-state index contributed by atoms with van der Waals surface area (Å²) in [6, 6.07) is 12.5. The highest BCUT2D eigenvalue weighted by molar-refractivity contribution is 5.69. The minimum absolute atomic E-state index is 0.0551. The molecule has 194 valence electrons. The Balaban J connectivity index is 1.25. The lowest BCUT2D eigenvalue weighted by atomic mass is 10.0. The van der Waals surface area contributed by atoms with Crippen molar-refractivity contribution in [2.24, 2.45) is 5.73 Å². The van der Waals surface area contributed by atoms with E-state index in [9.17, 15) is 4.79 Å². The third kappa shape index (κ3) is 6.04. The molecule has 5 rings (SSSR count). The SMILES string of the molecule is NCCCNc1ncc(-c2ccnc(Nc3cccc(C4(N5CCN(CC(=O)O)CC5)CC4)c3)c2)cn1. The number of piperazine rings is 1. The van der Waals surface area contributed by atoms with Crippen LogP contribution in [0.15, 0.2) is 55.0 Å². The number of pyridine rings is 1. The number of nitrogens with one attached hydrogen (secondary N) is 2. The van der Waals surface area contributed by atoms with Crippen molar-refractivity contribution in [2.45, 2.75) is 24.8 Å². The monoisotopic (exact) mass is 502 g/mol. The second-order valence-corrected chi connectivity index (χ2v) is 9.69. The lowest BCUT2D eigenvalue weighted by Gasteiger charge is -2.39. The van der Waals surface area contributed by atoms with E-state index in [1.54, 1.807) is 6.20 Å². The molecule has 1 aromatic carbocycles. The van der Waals surface area contributed by atoms with Gasteiger partial charge in [0, 0.05) is 68.1 Å². The molecule has 1 saturated heterocycles. The van der Waals surface area contributed by atoms with Crippen LogP contribution in [0.1, 0.15) is 24.8 Å². The predicted octanol–water partition coefficient (Wildman–Crippen LogP) is 2.73. The molecular weight excluding hydrogens is 468 g/mol. The summed E-state index contributed by atoms with van der Waals surface area (Å²) in [6.07, 6.45) is 8.53. The Bertz CT molecular complexity index is 1210. The van der Waals surface area contributed by atoms with E-state index in [1.165, 1.54) is 5.56 Å². The van der Waals surface area contributed by atoms with Crippen LogP contribution < -0.4 is 16.4 Å². The summed E-state index contributed by atoms with van der Waals surface area (Å²) in [5.74, 6) is 0.594. The first kappa shape index (κ1) is 25.1. The van der Waals surface area contributed by atoms with Gasteiger partial charge in [-0.3, -0.25) is 14.6 Å². The molecule has 3 aromatic rings. The quantitative estimate of drug-likeness (QED) is 0.290. The molecule has 2 fully saturated rings. The molecule has 2 aliphatic rings. The average Bonchev–Trinajstić information content (AvgIpc) is 3.72. The highest BCUT2D eigenvalue weighted by atomic mass is 16.4. The summed E-state index contributed by atoms with van der Waals surface area (Å²) in [7, 11) is 0. The molecule has 1 aliphatic heterocycles. The molecule has 37 heavy (non-hydrogen) atoms. The number of carboxylic acid groups (broad SMARTS) is 1. The maximum absolute atomic E-state index is 11.0. The van der Waals surface area contributed by atoms with Crippen molar-refractivity contribution in [3.05, 3.63) is 60.6 Å². The number of hydrogen-bond donors (Lipinski definition) is 4. The number of carboxylic acids is 1. The van der Waals surface area contributed by atoms with Crippen LogP contribution in [-0.4, -0.2) is 81.6 Å². The lowest BCUT2D eigenvalue weighted by Crippen LogP contribution is -2.51. The van der Waals surface area contributed by atoms with Gasteiger partial charge in [0.1, 0.15) is 5.82 Å². The Morgan fingerprint density at radius 3 is 2.51 bits per heavy atom. The van der Waals surface area contributed by atoms with Crippen LogP contribution in [0.2, 0.25) is 0 Å². The fourth-order valence-electron chi connectivity index (χ4n) is 5.01. The van der Waals surface area contributed by atoms with Crippen LogP contribution in [0.3, 0.4) is 0 Å². The summed E-state index contributed by atoms with van der Waals surface area (Å²) in [5, 5.41) is 15.7. The standard InChI is InChI=1S/C27H34N8O2/c28-8-2-9-30-26-31-17-21(18-32-26)20-5-10-29-24(15-20)33-23-4-1-3-22(16-23)27(6-7-27)35-13-11-34(12-14-35)19-25(36)37/h1,3-5,10,15-18H,2,6-9,11-14,19,28H2,(H,29,33)(H,36,37)(H,30,31,32). The Kier molecular flexibility index (Phi) is 7.59. The van der Waals surface area contributed by atoms with Gasteiger partial charge in [-0.2, -0.15) is 0 Å². The first-order valence-corrected chi connectivity index (χ1v) is 12.8. The van der Waals surface area contributed by atoms with Crippen LogP contribution in [0.25, 0.3) is 11.1 Å². The Morgan fingerprint density at radius 1 is 1.03 bits per heavy atom. The molecule has 2 aromatic heterocycles. The Labute approximate surface area is 216 Å². The summed E-state index contributed by atoms with van der Waals surface area (Å²) < 4.78 is 0. The van der Waals surface area contributed by atoms with Crippen molar-refractivity contribution in [3.63, 3.8) is 0 Å². The zero-order chi connectivity index (χ0) is 25.7. The molecule has 1 aliphatic carbocycles. The number of nitrogens with zero attached hydrogens (tertiary/aromatic N) is 5. The lowest BCUT2D eigenvalue weighted by molar-refractivity contribution is -0.138. The largest absolute Gasteiger partial charge is 0.480 e. The molecular formula is C27H34N8O2. The van der Waals surface area contributed by atoms with Gasteiger partial charge >= 0.3 is 5.97 Å². The van der Waals surface area contributed by atoms with E-state index in [0.29, 0.717) is 12.5 Å². The molecule has 0 radical (unpaired) electrons. The molecule has 10 heteroatoms. The minimum atomic E-state index is -0.758. The summed E-state index contributed by atoms with van der Waals surface area (Å²) >= 11 is 0. The topological polar surface area (TPSA) is 133 Å². The van der Waals surface area contributed by atoms with Crippen molar-refractivity contribution in [2.75, 3.05) is 56.4 Å². The van der Waals surface area contributed by atoms with Gasteiger partial charge in [-0.25, -0.2) is 15.0 Å².